The van der Waals surface area contributed by atoms with E-state index in [1.807, 2.05) is 31.2 Å². The second-order valence-corrected chi connectivity index (χ2v) is 4.80. The highest BCUT2D eigenvalue weighted by molar-refractivity contribution is 6.32. The number of rotatable bonds is 4. The number of anilines is 2. The molecule has 1 heterocycles. The monoisotopic (exact) mass is 297 g/mol. The van der Waals surface area contributed by atoms with Gasteiger partial charge >= 0.3 is 0 Å². The van der Waals surface area contributed by atoms with Gasteiger partial charge in [-0.25, -0.2) is 10.8 Å². The van der Waals surface area contributed by atoms with Gasteiger partial charge in [-0.2, -0.15) is 4.98 Å². The number of nitrogens with zero attached hydrogens (tertiary/aromatic N) is 2. The fourth-order valence-corrected chi connectivity index (χ4v) is 1.85. The molecule has 0 saturated carbocycles. The zero-order chi connectivity index (χ0) is 13.8. The zero-order valence-electron chi connectivity index (χ0n) is 10.2. The van der Waals surface area contributed by atoms with Crippen molar-refractivity contribution in [2.75, 3.05) is 10.7 Å². The summed E-state index contributed by atoms with van der Waals surface area (Å²) in [5.74, 6) is 6.09. The predicted molar refractivity (Wildman–Crippen MR) is 78.3 cm³/mol. The highest BCUT2D eigenvalue weighted by Crippen LogP contribution is 2.25. The first-order valence-corrected chi connectivity index (χ1v) is 6.37. The van der Waals surface area contributed by atoms with Crippen LogP contribution in [0, 0.1) is 0 Å². The molecule has 100 valence electrons. The van der Waals surface area contributed by atoms with Crippen LogP contribution in [0.1, 0.15) is 18.5 Å². The van der Waals surface area contributed by atoms with Gasteiger partial charge in [-0.1, -0.05) is 35.3 Å². The van der Waals surface area contributed by atoms with E-state index >= 15 is 0 Å². The van der Waals surface area contributed by atoms with Crippen LogP contribution in [-0.4, -0.2) is 9.97 Å². The summed E-state index contributed by atoms with van der Waals surface area (Å²) in [4.78, 5) is 8.07. The number of halogens is 2. The van der Waals surface area contributed by atoms with Gasteiger partial charge in [-0.3, -0.25) is 5.43 Å². The molecular weight excluding hydrogens is 285 g/mol. The number of hydrogen-bond donors (Lipinski definition) is 3. The van der Waals surface area contributed by atoms with Crippen molar-refractivity contribution < 1.29 is 0 Å². The van der Waals surface area contributed by atoms with Gasteiger partial charge in [-0.15, -0.1) is 0 Å². The molecule has 1 unspecified atom stereocenters. The topological polar surface area (TPSA) is 75.9 Å². The summed E-state index contributed by atoms with van der Waals surface area (Å²) in [6.07, 6.45) is 1.49. The molecule has 0 saturated heterocycles. The smallest absolute Gasteiger partial charge is 0.239 e. The summed E-state index contributed by atoms with van der Waals surface area (Å²) >= 11 is 11.9. The zero-order valence-corrected chi connectivity index (χ0v) is 11.7. The number of hydrazine groups is 1. The van der Waals surface area contributed by atoms with Crippen LogP contribution in [0.4, 0.5) is 11.8 Å². The van der Waals surface area contributed by atoms with Crippen LogP contribution < -0.4 is 16.6 Å². The average Bonchev–Trinajstić information content (AvgIpc) is 2.42. The van der Waals surface area contributed by atoms with Crippen LogP contribution in [0.3, 0.4) is 0 Å². The molecule has 19 heavy (non-hydrogen) atoms. The average molecular weight is 298 g/mol. The van der Waals surface area contributed by atoms with Crippen molar-refractivity contribution in [2.24, 2.45) is 5.84 Å². The predicted octanol–water partition coefficient (Wildman–Crippen LogP) is 3.24. The summed E-state index contributed by atoms with van der Waals surface area (Å²) in [5.41, 5.74) is 3.45. The molecule has 5 nitrogen and oxygen atoms in total. The Kier molecular flexibility index (Phi) is 4.42. The Bertz CT molecular complexity index is 559. The molecule has 0 bridgehead atoms. The van der Waals surface area contributed by atoms with Gasteiger partial charge in [0.1, 0.15) is 5.02 Å². The minimum atomic E-state index is 0.0234. The number of aromatic nitrogens is 2. The Labute approximate surface area is 121 Å². The lowest BCUT2D eigenvalue weighted by Crippen LogP contribution is -2.13. The van der Waals surface area contributed by atoms with E-state index in [-0.39, 0.29) is 6.04 Å². The Balaban J connectivity index is 2.18. The molecule has 0 aliphatic rings. The van der Waals surface area contributed by atoms with Crippen LogP contribution in [0.2, 0.25) is 10.0 Å². The number of nitrogens with one attached hydrogen (secondary N) is 2. The number of nitrogen functional groups attached to an aromatic ring is 1. The van der Waals surface area contributed by atoms with E-state index in [0.717, 1.165) is 5.56 Å². The molecule has 2 rings (SSSR count). The van der Waals surface area contributed by atoms with E-state index in [9.17, 15) is 0 Å². The molecule has 1 atom stereocenters. The van der Waals surface area contributed by atoms with Crippen LogP contribution in [-0.2, 0) is 0 Å². The number of nitrogens with two attached hydrogens (primary N) is 1. The molecule has 0 spiro atoms. The highest BCUT2D eigenvalue weighted by Gasteiger charge is 2.10. The van der Waals surface area contributed by atoms with E-state index in [1.54, 1.807) is 0 Å². The summed E-state index contributed by atoms with van der Waals surface area (Å²) in [6.45, 7) is 2.00. The molecule has 0 aliphatic heterocycles. The highest BCUT2D eigenvalue weighted by atomic mass is 35.5. The lowest BCUT2D eigenvalue weighted by molar-refractivity contribution is 0.872. The summed E-state index contributed by atoms with van der Waals surface area (Å²) in [7, 11) is 0. The van der Waals surface area contributed by atoms with Crippen molar-refractivity contribution in [1.82, 2.24) is 9.97 Å². The SMILES string of the molecule is CC(Nc1nc(NN)ncc1Cl)c1ccc(Cl)cc1. The first kappa shape index (κ1) is 13.9. The van der Waals surface area contributed by atoms with Gasteiger partial charge in [0.05, 0.1) is 6.20 Å². The van der Waals surface area contributed by atoms with Crippen LogP contribution in [0.25, 0.3) is 0 Å². The summed E-state index contributed by atoms with van der Waals surface area (Å²) < 4.78 is 0. The Morgan fingerprint density at radius 1 is 1.21 bits per heavy atom. The number of benzene rings is 1. The third-order valence-corrected chi connectivity index (χ3v) is 3.13. The van der Waals surface area contributed by atoms with E-state index in [4.69, 9.17) is 29.0 Å². The summed E-state index contributed by atoms with van der Waals surface area (Å²) in [5, 5.41) is 4.33. The first-order chi connectivity index (χ1) is 9.10. The van der Waals surface area contributed by atoms with Crippen LogP contribution >= 0.6 is 23.2 Å². The Hall–Kier alpha value is -1.56. The minimum absolute atomic E-state index is 0.0234. The largest absolute Gasteiger partial charge is 0.362 e. The van der Waals surface area contributed by atoms with Crippen molar-refractivity contribution in [1.29, 1.82) is 0 Å². The molecule has 0 aliphatic carbocycles. The van der Waals surface area contributed by atoms with Gasteiger partial charge in [0.15, 0.2) is 5.82 Å². The first-order valence-electron chi connectivity index (χ1n) is 5.61. The lowest BCUT2D eigenvalue weighted by atomic mass is 10.1. The van der Waals surface area contributed by atoms with Gasteiger partial charge in [0.2, 0.25) is 5.95 Å². The van der Waals surface area contributed by atoms with Gasteiger partial charge in [0, 0.05) is 11.1 Å². The second kappa shape index (κ2) is 6.06. The third kappa shape index (κ3) is 3.47. The van der Waals surface area contributed by atoms with E-state index < -0.39 is 0 Å². The molecule has 7 heteroatoms. The minimum Gasteiger partial charge on any atom is -0.362 e. The number of hydrogen-bond acceptors (Lipinski definition) is 5. The molecule has 1 aromatic heterocycles. The molecule has 0 radical (unpaired) electrons. The van der Waals surface area contributed by atoms with Crippen molar-refractivity contribution in [3.05, 3.63) is 46.1 Å². The maximum Gasteiger partial charge on any atom is 0.239 e. The molecule has 0 fully saturated rings. The van der Waals surface area contributed by atoms with Crippen molar-refractivity contribution in [3.8, 4) is 0 Å². The normalized spacial score (nSPS) is 12.0. The maximum atomic E-state index is 6.03. The standard InChI is InChI=1S/C12H13Cl2N5/c1-7(8-2-4-9(13)5-3-8)17-11-10(14)6-16-12(18-11)19-15/h2-7H,15H2,1H3,(H2,16,17,18,19). The quantitative estimate of drug-likeness (QED) is 0.597. The maximum absolute atomic E-state index is 6.03. The fraction of sp³-hybridized carbons (Fsp3) is 0.167. The fourth-order valence-electron chi connectivity index (χ4n) is 1.58. The molecule has 0 amide bonds. The van der Waals surface area contributed by atoms with Crippen LogP contribution in [0.15, 0.2) is 30.5 Å². The van der Waals surface area contributed by atoms with Gasteiger partial charge < -0.3 is 5.32 Å². The van der Waals surface area contributed by atoms with E-state index in [0.29, 0.717) is 21.8 Å². The lowest BCUT2D eigenvalue weighted by Gasteiger charge is -2.16. The molecular formula is C12H13Cl2N5. The van der Waals surface area contributed by atoms with Gasteiger partial charge in [-0.05, 0) is 24.6 Å². The van der Waals surface area contributed by atoms with Gasteiger partial charge in [0.25, 0.3) is 0 Å². The van der Waals surface area contributed by atoms with Crippen molar-refractivity contribution in [2.45, 2.75) is 13.0 Å². The molecule has 1 aromatic carbocycles. The van der Waals surface area contributed by atoms with Crippen LogP contribution in [0.5, 0.6) is 0 Å². The van der Waals surface area contributed by atoms with Crippen molar-refractivity contribution in [3.63, 3.8) is 0 Å². The van der Waals surface area contributed by atoms with E-state index in [2.05, 4.69) is 20.7 Å². The third-order valence-electron chi connectivity index (χ3n) is 2.60. The summed E-state index contributed by atoms with van der Waals surface area (Å²) in [6, 6.07) is 7.58. The molecule has 4 N–H and O–H groups in total. The van der Waals surface area contributed by atoms with Crippen molar-refractivity contribution >= 4 is 35.0 Å². The Morgan fingerprint density at radius 2 is 1.89 bits per heavy atom. The Morgan fingerprint density at radius 3 is 2.53 bits per heavy atom. The second-order valence-electron chi connectivity index (χ2n) is 3.95. The van der Waals surface area contributed by atoms with E-state index in [1.165, 1.54) is 6.20 Å². The molecule has 2 aromatic rings.